The molecule has 0 saturated heterocycles. The summed E-state index contributed by atoms with van der Waals surface area (Å²) in [4.78, 5) is 15.3. The zero-order valence-electron chi connectivity index (χ0n) is 8.76. The van der Waals surface area contributed by atoms with Gasteiger partial charge in [0.15, 0.2) is 0 Å². The summed E-state index contributed by atoms with van der Waals surface area (Å²) in [5.41, 5.74) is 0.0820. The summed E-state index contributed by atoms with van der Waals surface area (Å²) in [5, 5.41) is 0.212. The zero-order valence-corrected chi connectivity index (χ0v) is 10.3. The maximum Gasteiger partial charge on any atom is 0.340 e. The number of ether oxygens (including phenoxy) is 1. The van der Waals surface area contributed by atoms with Crippen molar-refractivity contribution >= 4 is 21.9 Å². The Kier molecular flexibility index (Phi) is 4.35. The third kappa shape index (κ3) is 2.37. The number of halogens is 3. The second-order valence-electron chi connectivity index (χ2n) is 3.08. The molecule has 1 heterocycles. The van der Waals surface area contributed by atoms with E-state index in [0.717, 1.165) is 7.11 Å². The van der Waals surface area contributed by atoms with Crippen LogP contribution in [0.15, 0.2) is 6.20 Å². The Morgan fingerprint density at radius 1 is 1.62 bits per heavy atom. The Balaban J connectivity index is 3.48. The molecule has 16 heavy (non-hydrogen) atoms. The van der Waals surface area contributed by atoms with Crippen molar-refractivity contribution < 1.29 is 18.3 Å². The molecule has 0 bridgehead atoms. The number of nitrogens with zero attached hydrogens (tertiary/aromatic N) is 1. The second kappa shape index (κ2) is 5.34. The van der Waals surface area contributed by atoms with E-state index in [1.54, 1.807) is 0 Å². The van der Waals surface area contributed by atoms with E-state index < -0.39 is 12.4 Å². The fraction of sp³-hybridized carbons (Fsp3) is 0.400. The van der Waals surface area contributed by atoms with Gasteiger partial charge in [-0.25, -0.2) is 13.6 Å². The fourth-order valence-electron chi connectivity index (χ4n) is 1.38. The number of methoxy groups -OCH3 is 1. The number of pyridine rings is 1. The van der Waals surface area contributed by atoms with Gasteiger partial charge in [-0.3, -0.25) is 4.98 Å². The molecule has 0 atom stereocenters. The summed E-state index contributed by atoms with van der Waals surface area (Å²) in [6.45, 7) is 1.50. The number of aryl methyl sites for hydroxylation is 1. The minimum Gasteiger partial charge on any atom is -0.465 e. The quantitative estimate of drug-likeness (QED) is 0.635. The Morgan fingerprint density at radius 2 is 2.25 bits per heavy atom. The van der Waals surface area contributed by atoms with Crippen LogP contribution in [-0.4, -0.2) is 18.1 Å². The molecule has 0 amide bonds. The van der Waals surface area contributed by atoms with Crippen molar-refractivity contribution in [3.8, 4) is 0 Å². The molecule has 0 aliphatic carbocycles. The van der Waals surface area contributed by atoms with E-state index in [-0.39, 0.29) is 22.2 Å². The van der Waals surface area contributed by atoms with Gasteiger partial charge >= 0.3 is 5.97 Å². The molecule has 88 valence electrons. The highest BCUT2D eigenvalue weighted by molar-refractivity contribution is 9.08. The Morgan fingerprint density at radius 3 is 2.69 bits per heavy atom. The third-order valence-electron chi connectivity index (χ3n) is 2.14. The van der Waals surface area contributed by atoms with E-state index in [1.807, 2.05) is 0 Å². The number of hydrogen-bond acceptors (Lipinski definition) is 3. The van der Waals surface area contributed by atoms with Crippen LogP contribution in [0.1, 0.15) is 33.6 Å². The first-order valence-electron chi connectivity index (χ1n) is 4.43. The Labute approximate surface area is 99.9 Å². The highest BCUT2D eigenvalue weighted by Gasteiger charge is 2.25. The van der Waals surface area contributed by atoms with Gasteiger partial charge in [-0.1, -0.05) is 15.9 Å². The van der Waals surface area contributed by atoms with Crippen molar-refractivity contribution in [2.45, 2.75) is 18.7 Å². The summed E-state index contributed by atoms with van der Waals surface area (Å²) in [6.07, 6.45) is -1.40. The first-order valence-corrected chi connectivity index (χ1v) is 5.55. The summed E-state index contributed by atoms with van der Waals surface area (Å²) < 4.78 is 30.3. The molecule has 0 aliphatic rings. The first-order chi connectivity index (χ1) is 7.52. The minimum atomic E-state index is -2.73. The number of carbonyl (C=O) groups is 1. The largest absolute Gasteiger partial charge is 0.465 e. The topological polar surface area (TPSA) is 39.2 Å². The molecule has 1 rings (SSSR count). The van der Waals surface area contributed by atoms with Crippen LogP contribution in [0, 0.1) is 6.92 Å². The number of alkyl halides is 3. The van der Waals surface area contributed by atoms with Gasteiger partial charge in [0.25, 0.3) is 6.43 Å². The average molecular weight is 294 g/mol. The van der Waals surface area contributed by atoms with Crippen molar-refractivity contribution in [2.24, 2.45) is 0 Å². The number of rotatable bonds is 3. The van der Waals surface area contributed by atoms with Crippen molar-refractivity contribution in [1.82, 2.24) is 4.98 Å². The van der Waals surface area contributed by atoms with Crippen LogP contribution >= 0.6 is 15.9 Å². The molecule has 0 unspecified atom stereocenters. The zero-order chi connectivity index (χ0) is 12.3. The van der Waals surface area contributed by atoms with Crippen LogP contribution in [0.3, 0.4) is 0 Å². The first kappa shape index (κ1) is 13.0. The highest BCUT2D eigenvalue weighted by Crippen LogP contribution is 2.29. The van der Waals surface area contributed by atoms with Crippen LogP contribution in [0.5, 0.6) is 0 Å². The van der Waals surface area contributed by atoms with Crippen LogP contribution < -0.4 is 0 Å². The van der Waals surface area contributed by atoms with E-state index in [4.69, 9.17) is 0 Å². The van der Waals surface area contributed by atoms with Crippen LogP contribution in [-0.2, 0) is 10.1 Å². The van der Waals surface area contributed by atoms with Crippen molar-refractivity contribution in [1.29, 1.82) is 0 Å². The van der Waals surface area contributed by atoms with E-state index in [2.05, 4.69) is 25.7 Å². The molecule has 1 aromatic rings. The highest BCUT2D eigenvalue weighted by atomic mass is 79.9. The Hall–Kier alpha value is -1.04. The molecule has 1 aromatic heterocycles. The predicted molar refractivity (Wildman–Crippen MR) is 57.9 cm³/mol. The van der Waals surface area contributed by atoms with Gasteiger partial charge in [-0.2, -0.15) is 0 Å². The summed E-state index contributed by atoms with van der Waals surface area (Å²) in [6, 6.07) is 0. The minimum absolute atomic E-state index is 0.144. The lowest BCUT2D eigenvalue weighted by atomic mass is 10.0. The van der Waals surface area contributed by atoms with E-state index in [1.165, 1.54) is 13.1 Å². The third-order valence-corrected chi connectivity index (χ3v) is 2.75. The lowest BCUT2D eigenvalue weighted by Crippen LogP contribution is -2.12. The summed E-state index contributed by atoms with van der Waals surface area (Å²) in [7, 11) is 1.15. The average Bonchev–Trinajstić information content (AvgIpc) is 2.27. The molecule has 0 N–H and O–H groups in total. The predicted octanol–water partition coefficient (Wildman–Crippen LogP) is 3.01. The van der Waals surface area contributed by atoms with Crippen LogP contribution in [0.25, 0.3) is 0 Å². The number of carbonyl (C=O) groups excluding carboxylic acids is 1. The number of hydrogen-bond donors (Lipinski definition) is 0. The van der Waals surface area contributed by atoms with Gasteiger partial charge in [0, 0.05) is 17.1 Å². The molecular formula is C10H10BrF2NO2. The molecule has 6 heteroatoms. The monoisotopic (exact) mass is 293 g/mol. The molecule has 0 fully saturated rings. The summed E-state index contributed by atoms with van der Waals surface area (Å²) >= 11 is 3.08. The molecular weight excluding hydrogens is 284 g/mol. The SMILES string of the molecule is COC(=O)c1c(C)ncc(CBr)c1C(F)F. The van der Waals surface area contributed by atoms with Gasteiger partial charge in [0.1, 0.15) is 0 Å². The number of aromatic nitrogens is 1. The van der Waals surface area contributed by atoms with Gasteiger partial charge in [0.05, 0.1) is 18.4 Å². The standard InChI is InChI=1S/C10H10BrF2NO2/c1-5-7(10(15)16-2)8(9(12)13)6(3-11)4-14-5/h4,9H,3H2,1-2H3. The normalized spacial score (nSPS) is 10.6. The van der Waals surface area contributed by atoms with Gasteiger partial charge in [0.2, 0.25) is 0 Å². The van der Waals surface area contributed by atoms with Gasteiger partial charge in [-0.05, 0) is 12.5 Å². The van der Waals surface area contributed by atoms with E-state index >= 15 is 0 Å². The van der Waals surface area contributed by atoms with Crippen molar-refractivity contribution in [2.75, 3.05) is 7.11 Å². The van der Waals surface area contributed by atoms with Gasteiger partial charge < -0.3 is 4.74 Å². The molecule has 0 spiro atoms. The van der Waals surface area contributed by atoms with Gasteiger partial charge in [-0.15, -0.1) is 0 Å². The van der Waals surface area contributed by atoms with E-state index in [0.29, 0.717) is 5.56 Å². The Bertz CT molecular complexity index is 410. The van der Waals surface area contributed by atoms with Crippen molar-refractivity contribution in [3.63, 3.8) is 0 Å². The van der Waals surface area contributed by atoms with Crippen molar-refractivity contribution in [3.05, 3.63) is 28.6 Å². The maximum absolute atomic E-state index is 12.9. The van der Waals surface area contributed by atoms with Crippen LogP contribution in [0.4, 0.5) is 8.78 Å². The number of esters is 1. The lowest BCUT2D eigenvalue weighted by molar-refractivity contribution is 0.0587. The molecule has 0 aliphatic heterocycles. The van der Waals surface area contributed by atoms with Crippen LogP contribution in [0.2, 0.25) is 0 Å². The maximum atomic E-state index is 12.9. The molecule has 0 saturated carbocycles. The second-order valence-corrected chi connectivity index (χ2v) is 3.64. The molecule has 3 nitrogen and oxygen atoms in total. The fourth-order valence-corrected chi connectivity index (χ4v) is 1.83. The lowest BCUT2D eigenvalue weighted by Gasteiger charge is -2.12. The molecule has 0 radical (unpaired) electrons. The smallest absolute Gasteiger partial charge is 0.340 e. The van der Waals surface area contributed by atoms with E-state index in [9.17, 15) is 13.6 Å². The molecule has 0 aromatic carbocycles. The summed E-state index contributed by atoms with van der Waals surface area (Å²) in [5.74, 6) is -0.789.